The molecule has 0 rings (SSSR count). The van der Waals surface area contributed by atoms with Crippen LogP contribution in [0.2, 0.25) is 0 Å². The van der Waals surface area contributed by atoms with Crippen molar-refractivity contribution in [2.24, 2.45) is 0 Å². The number of amides is 2. The Morgan fingerprint density at radius 1 is 1.14 bits per heavy atom. The summed E-state index contributed by atoms with van der Waals surface area (Å²) in [5.41, 5.74) is -0.771. The van der Waals surface area contributed by atoms with E-state index in [1.165, 1.54) is 0 Å². The second kappa shape index (κ2) is 8.15. The molecule has 126 valence electrons. The van der Waals surface area contributed by atoms with Gasteiger partial charge in [-0.1, -0.05) is 0 Å². The number of carboxylic acids is 2. The van der Waals surface area contributed by atoms with E-state index < -0.39 is 54.7 Å². The summed E-state index contributed by atoms with van der Waals surface area (Å²) in [6, 6.07) is -1.72. The summed E-state index contributed by atoms with van der Waals surface area (Å²) in [5.74, 6) is -4.34. The van der Waals surface area contributed by atoms with Gasteiger partial charge in [0.05, 0.1) is 0 Å². The highest BCUT2D eigenvalue weighted by Gasteiger charge is 2.28. The summed E-state index contributed by atoms with van der Waals surface area (Å²) in [7, 11) is 0. The summed E-state index contributed by atoms with van der Waals surface area (Å²) in [6.07, 6.45) is -4.24. The average molecular weight is 322 g/mol. The van der Waals surface area contributed by atoms with Crippen molar-refractivity contribution in [3.63, 3.8) is 0 Å². The Balaban J connectivity index is 4.39. The lowest BCUT2D eigenvalue weighted by atomic mass is 10.1. The van der Waals surface area contributed by atoms with Crippen LogP contribution >= 0.6 is 0 Å². The number of rotatable bonds is 7. The van der Waals surface area contributed by atoms with Gasteiger partial charge in [0.2, 0.25) is 5.91 Å². The first-order chi connectivity index (χ1) is 9.92. The van der Waals surface area contributed by atoms with E-state index in [9.17, 15) is 23.6 Å². The monoisotopic (exact) mass is 322 g/mol. The van der Waals surface area contributed by atoms with Gasteiger partial charge in [-0.05, 0) is 20.8 Å². The van der Waals surface area contributed by atoms with Crippen LogP contribution in [-0.4, -0.2) is 58.5 Å². The maximum Gasteiger partial charge on any atom is 0.408 e. The van der Waals surface area contributed by atoms with Gasteiger partial charge in [0.25, 0.3) is 0 Å². The lowest BCUT2D eigenvalue weighted by Crippen LogP contribution is -2.47. The molecule has 0 bridgehead atoms. The number of alkyl carbamates (subject to hydrolysis) is 1. The van der Waals surface area contributed by atoms with Crippen LogP contribution in [0, 0.1) is 0 Å². The highest BCUT2D eigenvalue weighted by Crippen LogP contribution is 2.06. The average Bonchev–Trinajstić information content (AvgIpc) is 2.33. The zero-order valence-corrected chi connectivity index (χ0v) is 12.4. The Bertz CT molecular complexity index is 447. The van der Waals surface area contributed by atoms with Crippen molar-refractivity contribution in [1.29, 1.82) is 0 Å². The molecule has 0 saturated carbocycles. The minimum absolute atomic E-state index is 0.595. The number of carbonyl (C=O) groups excluding carboxylic acids is 2. The Hall–Kier alpha value is -2.39. The summed E-state index contributed by atoms with van der Waals surface area (Å²) >= 11 is 0. The molecule has 4 N–H and O–H groups in total. The van der Waals surface area contributed by atoms with E-state index in [1.54, 1.807) is 20.8 Å². The molecular weight excluding hydrogens is 303 g/mol. The molecule has 22 heavy (non-hydrogen) atoms. The van der Waals surface area contributed by atoms with Crippen LogP contribution in [0.15, 0.2) is 0 Å². The number of aliphatic carboxylic acids is 2. The van der Waals surface area contributed by atoms with Crippen LogP contribution in [0.1, 0.15) is 27.2 Å². The fourth-order valence-electron chi connectivity index (χ4n) is 1.24. The summed E-state index contributed by atoms with van der Waals surface area (Å²) in [5, 5.41) is 21.2. The topological polar surface area (TPSA) is 142 Å². The number of nitrogens with one attached hydrogen (secondary N) is 2. The predicted octanol–water partition coefficient (Wildman–Crippen LogP) is -0.107. The molecule has 0 spiro atoms. The Labute approximate surface area is 125 Å². The van der Waals surface area contributed by atoms with Gasteiger partial charge in [0, 0.05) is 6.42 Å². The van der Waals surface area contributed by atoms with Gasteiger partial charge in [-0.2, -0.15) is 0 Å². The van der Waals surface area contributed by atoms with Crippen LogP contribution in [0.5, 0.6) is 0 Å². The lowest BCUT2D eigenvalue weighted by molar-refractivity contribution is -0.146. The molecule has 0 aromatic carbocycles. The first kappa shape index (κ1) is 19.6. The maximum absolute atomic E-state index is 13.0. The molecule has 0 fully saturated rings. The summed E-state index contributed by atoms with van der Waals surface area (Å²) in [6.45, 7) is 4.24. The zero-order chi connectivity index (χ0) is 17.5. The lowest BCUT2D eigenvalue weighted by Gasteiger charge is -2.20. The highest BCUT2D eigenvalue weighted by atomic mass is 19.1. The molecule has 0 heterocycles. The Morgan fingerprint density at radius 2 is 1.68 bits per heavy atom. The molecule has 2 amide bonds. The van der Waals surface area contributed by atoms with Gasteiger partial charge in [0.1, 0.15) is 18.2 Å². The number of alkyl halides is 1. The molecule has 0 aromatic heterocycles. The Kier molecular flexibility index (Phi) is 7.26. The third kappa shape index (κ3) is 8.72. The van der Waals surface area contributed by atoms with Crippen molar-refractivity contribution in [2.45, 2.75) is 45.0 Å². The first-order valence-electron chi connectivity index (χ1n) is 6.28. The fourth-order valence-corrected chi connectivity index (χ4v) is 1.24. The van der Waals surface area contributed by atoms with E-state index in [1.807, 2.05) is 5.32 Å². The number of ether oxygens (including phenoxy) is 1. The number of halogens is 1. The van der Waals surface area contributed by atoms with Crippen LogP contribution in [-0.2, 0) is 19.1 Å². The van der Waals surface area contributed by atoms with Crippen molar-refractivity contribution in [3.05, 3.63) is 0 Å². The molecule has 10 heteroatoms. The zero-order valence-electron chi connectivity index (χ0n) is 12.4. The summed E-state index contributed by atoms with van der Waals surface area (Å²) < 4.78 is 17.8. The number of carbonyl (C=O) groups is 4. The van der Waals surface area contributed by atoms with Crippen LogP contribution < -0.4 is 10.6 Å². The number of hydrogen-bond donors (Lipinski definition) is 4. The van der Waals surface area contributed by atoms with Crippen LogP contribution in [0.3, 0.4) is 0 Å². The van der Waals surface area contributed by atoms with Gasteiger partial charge < -0.3 is 25.6 Å². The molecule has 0 aromatic rings. The maximum atomic E-state index is 13.0. The van der Waals surface area contributed by atoms with E-state index in [0.29, 0.717) is 0 Å². The smallest absolute Gasteiger partial charge is 0.408 e. The second-order valence-electron chi connectivity index (χ2n) is 5.36. The number of hydrogen-bond acceptors (Lipinski definition) is 5. The third-order valence-corrected chi connectivity index (χ3v) is 2.14. The minimum atomic E-state index is -2.43. The van der Waals surface area contributed by atoms with Crippen molar-refractivity contribution in [2.75, 3.05) is 6.54 Å². The molecule has 2 atom stereocenters. The molecular formula is C12H19FN2O7. The predicted molar refractivity (Wildman–Crippen MR) is 71.0 cm³/mol. The van der Waals surface area contributed by atoms with Crippen LogP contribution in [0.4, 0.5) is 9.18 Å². The van der Waals surface area contributed by atoms with E-state index >= 15 is 0 Å². The molecule has 0 saturated heterocycles. The molecule has 9 nitrogen and oxygen atoms in total. The SMILES string of the molecule is CC(C)(C)OC(=O)NCC(=O)NC(CC(F)C(=O)O)C(=O)O. The van der Waals surface area contributed by atoms with E-state index in [0.717, 1.165) is 0 Å². The standard InChI is InChI=1S/C12H19FN2O7/c1-12(2,3)22-11(21)14-5-8(16)15-7(10(19)20)4-6(13)9(17)18/h6-7H,4-5H2,1-3H3,(H,14,21)(H,15,16)(H,17,18)(H,19,20). The van der Waals surface area contributed by atoms with E-state index in [2.05, 4.69) is 5.32 Å². The largest absolute Gasteiger partial charge is 0.480 e. The second-order valence-corrected chi connectivity index (χ2v) is 5.36. The molecule has 2 unspecified atom stereocenters. The summed E-state index contributed by atoms with van der Waals surface area (Å²) in [4.78, 5) is 43.9. The van der Waals surface area contributed by atoms with Crippen molar-refractivity contribution in [1.82, 2.24) is 10.6 Å². The third-order valence-electron chi connectivity index (χ3n) is 2.14. The normalized spacial score (nSPS) is 13.6. The Morgan fingerprint density at radius 3 is 2.09 bits per heavy atom. The number of carboxylic acid groups (broad SMARTS) is 2. The molecule has 0 radical (unpaired) electrons. The van der Waals surface area contributed by atoms with Gasteiger partial charge in [-0.15, -0.1) is 0 Å². The van der Waals surface area contributed by atoms with E-state index in [-0.39, 0.29) is 0 Å². The van der Waals surface area contributed by atoms with Gasteiger partial charge in [0.15, 0.2) is 6.17 Å². The van der Waals surface area contributed by atoms with Crippen molar-refractivity contribution < 1.29 is 38.5 Å². The fraction of sp³-hybridized carbons (Fsp3) is 0.667. The first-order valence-corrected chi connectivity index (χ1v) is 6.28. The molecule has 0 aliphatic rings. The highest BCUT2D eigenvalue weighted by molar-refractivity contribution is 5.87. The van der Waals surface area contributed by atoms with Crippen molar-refractivity contribution >= 4 is 23.9 Å². The minimum Gasteiger partial charge on any atom is -0.480 e. The quantitative estimate of drug-likeness (QED) is 0.512. The van der Waals surface area contributed by atoms with Gasteiger partial charge in [-0.25, -0.2) is 18.8 Å². The molecule has 0 aliphatic heterocycles. The van der Waals surface area contributed by atoms with Gasteiger partial charge >= 0.3 is 18.0 Å². The van der Waals surface area contributed by atoms with Crippen LogP contribution in [0.25, 0.3) is 0 Å². The van der Waals surface area contributed by atoms with Crippen molar-refractivity contribution in [3.8, 4) is 0 Å². The molecule has 0 aliphatic carbocycles. The van der Waals surface area contributed by atoms with E-state index in [4.69, 9.17) is 14.9 Å². The van der Waals surface area contributed by atoms with Gasteiger partial charge in [-0.3, -0.25) is 4.79 Å².